The van der Waals surface area contributed by atoms with Crippen molar-refractivity contribution in [2.75, 3.05) is 0 Å². The lowest BCUT2D eigenvalue weighted by molar-refractivity contribution is -0.388. The Morgan fingerprint density at radius 2 is 1.88 bits per heavy atom. The third-order valence-electron chi connectivity index (χ3n) is 3.47. The third kappa shape index (κ3) is 5.04. The quantitative estimate of drug-likeness (QED) is 0.447. The van der Waals surface area contributed by atoms with Crippen molar-refractivity contribution in [3.8, 4) is 0 Å². The average molecular weight is 380 g/mol. The zero-order valence-corrected chi connectivity index (χ0v) is 15.9. The molecule has 0 aliphatic rings. The van der Waals surface area contributed by atoms with E-state index >= 15 is 0 Å². The molecule has 0 radical (unpaired) electrons. The molecule has 2 aromatic carbocycles. The number of thioether (sulfide) groups is 1. The van der Waals surface area contributed by atoms with Crippen LogP contribution in [0.4, 0.5) is 5.69 Å². The van der Waals surface area contributed by atoms with Crippen LogP contribution in [0.3, 0.4) is 0 Å². The van der Waals surface area contributed by atoms with Crippen LogP contribution in [0.25, 0.3) is 0 Å². The summed E-state index contributed by atoms with van der Waals surface area (Å²) in [5, 5.41) is 11.4. The summed E-state index contributed by atoms with van der Waals surface area (Å²) in [6.45, 7) is 5.37. The minimum Gasteiger partial charge on any atom is -0.258 e. The van der Waals surface area contributed by atoms with E-state index in [1.165, 1.54) is 23.9 Å². The van der Waals surface area contributed by atoms with Gasteiger partial charge in [0.15, 0.2) is 0 Å². The molecule has 0 unspecified atom stereocenters. The standard InChI is InChI=1S/C17H20N2O4S2/c1-12(2)18-25(22,23)15-8-9-17(16(10-15)19(20)21)24-11-14-7-5-4-6-13(14)3/h4-10,12,18H,11H2,1-3H3. The molecule has 0 heterocycles. The number of nitrogens with zero attached hydrogens (tertiary/aromatic N) is 1. The smallest absolute Gasteiger partial charge is 0.258 e. The van der Waals surface area contributed by atoms with E-state index in [1.807, 2.05) is 31.2 Å². The predicted octanol–water partition coefficient (Wildman–Crippen LogP) is 3.88. The lowest BCUT2D eigenvalue weighted by atomic mass is 10.1. The number of hydrogen-bond acceptors (Lipinski definition) is 5. The SMILES string of the molecule is Cc1ccccc1CSc1ccc(S(=O)(=O)NC(C)C)cc1[N+](=O)[O-]. The molecule has 0 aromatic heterocycles. The number of sulfonamides is 1. The molecule has 0 aliphatic heterocycles. The summed E-state index contributed by atoms with van der Waals surface area (Å²) in [7, 11) is -3.77. The molecule has 0 bridgehead atoms. The fraction of sp³-hybridized carbons (Fsp3) is 0.294. The van der Waals surface area contributed by atoms with Crippen LogP contribution < -0.4 is 4.72 Å². The maximum absolute atomic E-state index is 12.2. The molecule has 8 heteroatoms. The first kappa shape index (κ1) is 19.4. The van der Waals surface area contributed by atoms with Gasteiger partial charge in [0, 0.05) is 17.9 Å². The molecule has 1 N–H and O–H groups in total. The first-order valence-corrected chi connectivity index (χ1v) is 10.2. The Labute approximate surface area is 151 Å². The van der Waals surface area contributed by atoms with Crippen LogP contribution >= 0.6 is 11.8 Å². The van der Waals surface area contributed by atoms with E-state index in [9.17, 15) is 18.5 Å². The van der Waals surface area contributed by atoms with E-state index in [4.69, 9.17) is 0 Å². The highest BCUT2D eigenvalue weighted by Gasteiger charge is 2.22. The number of nitrogens with one attached hydrogen (secondary N) is 1. The molecule has 25 heavy (non-hydrogen) atoms. The lowest BCUT2D eigenvalue weighted by Crippen LogP contribution is -2.30. The minimum atomic E-state index is -3.77. The number of rotatable bonds is 7. The van der Waals surface area contributed by atoms with Gasteiger partial charge in [0.1, 0.15) is 0 Å². The van der Waals surface area contributed by atoms with E-state index in [1.54, 1.807) is 13.8 Å². The van der Waals surface area contributed by atoms with Crippen molar-refractivity contribution in [2.24, 2.45) is 0 Å². The van der Waals surface area contributed by atoms with Crippen LogP contribution in [-0.2, 0) is 15.8 Å². The van der Waals surface area contributed by atoms with Crippen LogP contribution in [0.1, 0.15) is 25.0 Å². The largest absolute Gasteiger partial charge is 0.284 e. The predicted molar refractivity (Wildman–Crippen MR) is 99.3 cm³/mol. The Kier molecular flexibility index (Phi) is 6.21. The van der Waals surface area contributed by atoms with Gasteiger partial charge in [-0.2, -0.15) is 0 Å². The number of hydrogen-bond donors (Lipinski definition) is 1. The van der Waals surface area contributed by atoms with Crippen molar-refractivity contribution in [3.05, 3.63) is 63.7 Å². The molecular weight excluding hydrogens is 360 g/mol. The summed E-state index contributed by atoms with van der Waals surface area (Å²) in [6, 6.07) is 11.5. The number of nitro groups is 1. The zero-order chi connectivity index (χ0) is 18.6. The van der Waals surface area contributed by atoms with E-state index in [2.05, 4.69) is 4.72 Å². The molecule has 6 nitrogen and oxygen atoms in total. The lowest BCUT2D eigenvalue weighted by Gasteiger charge is -2.11. The Hall–Kier alpha value is -1.90. The van der Waals surface area contributed by atoms with Crippen LogP contribution in [-0.4, -0.2) is 19.4 Å². The highest BCUT2D eigenvalue weighted by atomic mass is 32.2. The maximum Gasteiger partial charge on any atom is 0.284 e. The van der Waals surface area contributed by atoms with E-state index in [0.29, 0.717) is 10.6 Å². The van der Waals surface area contributed by atoms with Gasteiger partial charge in [0.05, 0.1) is 14.7 Å². The first-order valence-electron chi connectivity index (χ1n) is 7.69. The molecule has 0 amide bonds. The summed E-state index contributed by atoms with van der Waals surface area (Å²) < 4.78 is 26.9. The summed E-state index contributed by atoms with van der Waals surface area (Å²) in [6.07, 6.45) is 0. The monoisotopic (exact) mass is 380 g/mol. The Morgan fingerprint density at radius 3 is 2.48 bits per heavy atom. The maximum atomic E-state index is 12.2. The fourth-order valence-corrected chi connectivity index (χ4v) is 4.59. The Balaban J connectivity index is 2.31. The van der Waals surface area contributed by atoms with Gasteiger partial charge in [-0.05, 0) is 44.0 Å². The molecular formula is C17H20N2O4S2. The second-order valence-corrected chi connectivity index (χ2v) is 8.61. The summed E-state index contributed by atoms with van der Waals surface area (Å²) in [4.78, 5) is 11.2. The normalized spacial score (nSPS) is 11.7. The van der Waals surface area contributed by atoms with Crippen molar-refractivity contribution in [2.45, 2.75) is 42.4 Å². The average Bonchev–Trinajstić information content (AvgIpc) is 2.52. The highest BCUT2D eigenvalue weighted by Crippen LogP contribution is 2.33. The van der Waals surface area contributed by atoms with E-state index in [-0.39, 0.29) is 16.6 Å². The molecule has 0 saturated carbocycles. The van der Waals surface area contributed by atoms with Crippen molar-refractivity contribution >= 4 is 27.5 Å². The topological polar surface area (TPSA) is 89.3 Å². The van der Waals surface area contributed by atoms with Gasteiger partial charge in [0.2, 0.25) is 10.0 Å². The fourth-order valence-electron chi connectivity index (χ4n) is 2.23. The molecule has 0 aliphatic carbocycles. The second kappa shape index (κ2) is 7.99. The second-order valence-electron chi connectivity index (χ2n) is 5.88. The number of aryl methyl sites for hydroxylation is 1. The van der Waals surface area contributed by atoms with Crippen LogP contribution in [0.15, 0.2) is 52.3 Å². The van der Waals surface area contributed by atoms with Gasteiger partial charge in [-0.25, -0.2) is 13.1 Å². The third-order valence-corrected chi connectivity index (χ3v) is 6.24. The highest BCUT2D eigenvalue weighted by molar-refractivity contribution is 7.98. The van der Waals surface area contributed by atoms with Gasteiger partial charge in [-0.3, -0.25) is 10.1 Å². The van der Waals surface area contributed by atoms with Crippen molar-refractivity contribution in [1.82, 2.24) is 4.72 Å². The molecule has 0 saturated heterocycles. The van der Waals surface area contributed by atoms with Crippen LogP contribution in [0, 0.1) is 17.0 Å². The van der Waals surface area contributed by atoms with Crippen molar-refractivity contribution in [1.29, 1.82) is 0 Å². The Bertz CT molecular complexity index is 880. The molecule has 0 atom stereocenters. The van der Waals surface area contributed by atoms with E-state index < -0.39 is 14.9 Å². The number of nitro benzene ring substituents is 1. The summed E-state index contributed by atoms with van der Waals surface area (Å²) in [5.74, 6) is 0.573. The zero-order valence-electron chi connectivity index (χ0n) is 14.2. The van der Waals surface area contributed by atoms with Gasteiger partial charge in [-0.15, -0.1) is 11.8 Å². The van der Waals surface area contributed by atoms with Crippen LogP contribution in [0.5, 0.6) is 0 Å². The first-order chi connectivity index (χ1) is 11.7. The van der Waals surface area contributed by atoms with Gasteiger partial charge in [0.25, 0.3) is 5.69 Å². The minimum absolute atomic E-state index is 0.104. The van der Waals surface area contributed by atoms with Crippen molar-refractivity contribution in [3.63, 3.8) is 0 Å². The van der Waals surface area contributed by atoms with E-state index in [0.717, 1.165) is 17.2 Å². The molecule has 2 rings (SSSR count). The summed E-state index contributed by atoms with van der Waals surface area (Å²) in [5.41, 5.74) is 1.99. The molecule has 0 fully saturated rings. The Morgan fingerprint density at radius 1 is 1.20 bits per heavy atom. The summed E-state index contributed by atoms with van der Waals surface area (Å²) >= 11 is 1.32. The van der Waals surface area contributed by atoms with Gasteiger partial charge < -0.3 is 0 Å². The number of benzene rings is 2. The van der Waals surface area contributed by atoms with Crippen molar-refractivity contribution < 1.29 is 13.3 Å². The van der Waals surface area contributed by atoms with Crippen LogP contribution in [0.2, 0.25) is 0 Å². The molecule has 134 valence electrons. The van der Waals surface area contributed by atoms with Gasteiger partial charge >= 0.3 is 0 Å². The van der Waals surface area contributed by atoms with Gasteiger partial charge in [-0.1, -0.05) is 24.3 Å². The molecule has 0 spiro atoms. The molecule has 2 aromatic rings.